The maximum Gasteiger partial charge on any atom is 0.354 e. The van der Waals surface area contributed by atoms with Gasteiger partial charge in [0.15, 0.2) is 11.3 Å². The second kappa shape index (κ2) is 5.68. The molecule has 1 fully saturated rings. The van der Waals surface area contributed by atoms with Gasteiger partial charge in [-0.3, -0.25) is 9.59 Å². The Bertz CT molecular complexity index is 795. The minimum atomic E-state index is -1.65. The van der Waals surface area contributed by atoms with Crippen LogP contribution in [0.5, 0.6) is 0 Å². The predicted molar refractivity (Wildman–Crippen MR) is 83.0 cm³/mol. The number of carbonyl (C=O) groups is 3. The van der Waals surface area contributed by atoms with Crippen molar-refractivity contribution in [2.45, 2.75) is 18.4 Å². The highest BCUT2D eigenvalue weighted by Crippen LogP contribution is 2.40. The zero-order chi connectivity index (χ0) is 17.5. The van der Waals surface area contributed by atoms with Gasteiger partial charge in [0.25, 0.3) is 5.91 Å². The molecule has 1 atom stereocenters. The SMILES string of the molecule is COC(=O)C1=NN(N=O)[C@]2(CC(=O)N(c3cccc(Cl)c3)C2=O)C1. The van der Waals surface area contributed by atoms with E-state index in [1.54, 1.807) is 12.1 Å². The van der Waals surface area contributed by atoms with Crippen molar-refractivity contribution in [3.63, 3.8) is 0 Å². The Morgan fingerprint density at radius 3 is 2.75 bits per heavy atom. The molecule has 9 nitrogen and oxygen atoms in total. The number of rotatable bonds is 3. The molecule has 0 saturated carbocycles. The molecule has 1 spiro atoms. The van der Waals surface area contributed by atoms with Crippen molar-refractivity contribution >= 4 is 40.8 Å². The van der Waals surface area contributed by atoms with Crippen LogP contribution in [0.1, 0.15) is 12.8 Å². The van der Waals surface area contributed by atoms with Gasteiger partial charge in [0, 0.05) is 11.4 Å². The first-order valence-electron chi connectivity index (χ1n) is 6.85. The normalized spacial score (nSPS) is 23.0. The first kappa shape index (κ1) is 16.1. The minimum Gasteiger partial charge on any atom is -0.464 e. The van der Waals surface area contributed by atoms with E-state index in [-0.39, 0.29) is 24.2 Å². The average molecular weight is 351 g/mol. The molecule has 1 saturated heterocycles. The average Bonchev–Trinajstić information content (AvgIpc) is 3.05. The molecule has 10 heteroatoms. The number of hydrogen-bond donors (Lipinski definition) is 0. The van der Waals surface area contributed by atoms with E-state index in [2.05, 4.69) is 15.1 Å². The summed E-state index contributed by atoms with van der Waals surface area (Å²) in [5.74, 6) is -2.03. The molecule has 0 bridgehead atoms. The largest absolute Gasteiger partial charge is 0.464 e. The van der Waals surface area contributed by atoms with Crippen molar-refractivity contribution in [3.8, 4) is 0 Å². The second-order valence-corrected chi connectivity index (χ2v) is 5.75. The van der Waals surface area contributed by atoms with Gasteiger partial charge in [0.1, 0.15) is 0 Å². The summed E-state index contributed by atoms with van der Waals surface area (Å²) >= 11 is 5.90. The molecule has 24 heavy (non-hydrogen) atoms. The summed E-state index contributed by atoms with van der Waals surface area (Å²) in [6.45, 7) is 0. The summed E-state index contributed by atoms with van der Waals surface area (Å²) in [6, 6.07) is 6.17. The Balaban J connectivity index is 1.99. The summed E-state index contributed by atoms with van der Waals surface area (Å²) in [7, 11) is 1.15. The number of benzene rings is 1. The van der Waals surface area contributed by atoms with E-state index in [0.29, 0.717) is 10.1 Å². The molecule has 0 aliphatic carbocycles. The Morgan fingerprint density at radius 2 is 2.12 bits per heavy atom. The zero-order valence-electron chi connectivity index (χ0n) is 12.4. The van der Waals surface area contributed by atoms with E-state index < -0.39 is 23.3 Å². The van der Waals surface area contributed by atoms with Crippen LogP contribution >= 0.6 is 11.6 Å². The first-order valence-corrected chi connectivity index (χ1v) is 7.23. The number of hydrazone groups is 1. The highest BCUT2D eigenvalue weighted by atomic mass is 35.5. The van der Waals surface area contributed by atoms with Crippen molar-refractivity contribution in [1.82, 2.24) is 5.12 Å². The van der Waals surface area contributed by atoms with Crippen molar-refractivity contribution < 1.29 is 19.1 Å². The van der Waals surface area contributed by atoms with Gasteiger partial charge in [0.2, 0.25) is 5.91 Å². The van der Waals surface area contributed by atoms with Gasteiger partial charge in [-0.2, -0.15) is 0 Å². The van der Waals surface area contributed by atoms with Crippen LogP contribution in [-0.4, -0.2) is 41.3 Å². The van der Waals surface area contributed by atoms with Gasteiger partial charge in [-0.05, 0) is 18.2 Å². The van der Waals surface area contributed by atoms with Crippen LogP contribution < -0.4 is 4.90 Å². The molecule has 1 aromatic rings. The quantitative estimate of drug-likeness (QED) is 0.461. The van der Waals surface area contributed by atoms with Crippen LogP contribution in [0.25, 0.3) is 0 Å². The van der Waals surface area contributed by atoms with Gasteiger partial charge >= 0.3 is 5.97 Å². The van der Waals surface area contributed by atoms with Crippen LogP contribution in [0.4, 0.5) is 5.69 Å². The molecule has 0 unspecified atom stereocenters. The third-order valence-corrected chi connectivity index (χ3v) is 4.15. The molecule has 0 radical (unpaired) electrons. The molecule has 2 aliphatic rings. The predicted octanol–water partition coefficient (Wildman–Crippen LogP) is 1.26. The van der Waals surface area contributed by atoms with Gasteiger partial charge < -0.3 is 4.74 Å². The fraction of sp³-hybridized carbons (Fsp3) is 0.286. The Morgan fingerprint density at radius 1 is 1.38 bits per heavy atom. The van der Waals surface area contributed by atoms with Crippen LogP contribution in [0, 0.1) is 4.91 Å². The summed E-state index contributed by atoms with van der Waals surface area (Å²) in [5, 5.41) is 7.31. The Hall–Kier alpha value is -2.81. The lowest BCUT2D eigenvalue weighted by Gasteiger charge is -2.24. The fourth-order valence-electron chi connectivity index (χ4n) is 2.82. The summed E-state index contributed by atoms with van der Waals surface area (Å²) < 4.78 is 4.55. The fourth-order valence-corrected chi connectivity index (χ4v) is 3.00. The van der Waals surface area contributed by atoms with Crippen LogP contribution in [-0.2, 0) is 19.1 Å². The van der Waals surface area contributed by atoms with E-state index in [4.69, 9.17) is 11.6 Å². The summed E-state index contributed by atoms with van der Waals surface area (Å²) in [6.07, 6.45) is -0.582. The lowest BCUT2D eigenvalue weighted by atomic mass is 9.92. The molecular formula is C14H11ClN4O5. The smallest absolute Gasteiger partial charge is 0.354 e. The molecule has 1 aromatic carbocycles. The van der Waals surface area contributed by atoms with E-state index in [1.165, 1.54) is 12.1 Å². The number of amides is 2. The van der Waals surface area contributed by atoms with Gasteiger partial charge in [-0.1, -0.05) is 17.7 Å². The van der Waals surface area contributed by atoms with E-state index in [1.807, 2.05) is 0 Å². The standard InChI is InChI=1S/C14H11ClN4O5/c1-24-12(21)10-6-14(19(16-10)17-23)7-11(20)18(13(14)22)9-4-2-3-8(15)5-9/h2-5H,6-7H2,1H3/t14-/m0/s1. The maximum absolute atomic E-state index is 12.9. The summed E-state index contributed by atoms with van der Waals surface area (Å²) in [5.41, 5.74) is -1.53. The lowest BCUT2D eigenvalue weighted by Crippen LogP contribution is -2.48. The number of nitroso groups, excluding NO2 is 1. The van der Waals surface area contributed by atoms with Crippen LogP contribution in [0.15, 0.2) is 34.7 Å². The Labute approximate surface area is 140 Å². The highest BCUT2D eigenvalue weighted by molar-refractivity contribution is 6.39. The lowest BCUT2D eigenvalue weighted by molar-refractivity contribution is -0.132. The summed E-state index contributed by atoms with van der Waals surface area (Å²) in [4.78, 5) is 48.9. The number of halogens is 1. The van der Waals surface area contributed by atoms with E-state index in [0.717, 1.165) is 12.0 Å². The zero-order valence-corrected chi connectivity index (χ0v) is 13.2. The molecular weight excluding hydrogens is 340 g/mol. The molecule has 0 aromatic heterocycles. The monoisotopic (exact) mass is 350 g/mol. The second-order valence-electron chi connectivity index (χ2n) is 5.31. The third kappa shape index (κ3) is 2.24. The number of anilines is 1. The van der Waals surface area contributed by atoms with Crippen LogP contribution in [0.2, 0.25) is 5.02 Å². The highest BCUT2D eigenvalue weighted by Gasteiger charge is 2.61. The van der Waals surface area contributed by atoms with Crippen molar-refractivity contribution in [2.24, 2.45) is 10.4 Å². The van der Waals surface area contributed by atoms with Gasteiger partial charge in [-0.15, -0.1) is 15.1 Å². The molecule has 2 heterocycles. The molecule has 0 N–H and O–H groups in total. The number of carbonyl (C=O) groups excluding carboxylic acids is 3. The first-order chi connectivity index (χ1) is 11.4. The van der Waals surface area contributed by atoms with Gasteiger partial charge in [-0.25, -0.2) is 9.69 Å². The number of nitrogens with zero attached hydrogens (tertiary/aromatic N) is 4. The van der Waals surface area contributed by atoms with Gasteiger partial charge in [0.05, 0.1) is 24.5 Å². The maximum atomic E-state index is 12.9. The van der Waals surface area contributed by atoms with Crippen LogP contribution in [0.3, 0.4) is 0 Å². The number of hydrogen-bond acceptors (Lipinski definition) is 7. The van der Waals surface area contributed by atoms with Crippen molar-refractivity contribution in [3.05, 3.63) is 34.2 Å². The Kier molecular flexibility index (Phi) is 3.80. The molecule has 3 rings (SSSR count). The topological polar surface area (TPSA) is 109 Å². The third-order valence-electron chi connectivity index (χ3n) is 3.92. The van der Waals surface area contributed by atoms with E-state index in [9.17, 15) is 19.3 Å². The molecule has 2 amide bonds. The number of esters is 1. The molecule has 2 aliphatic heterocycles. The van der Waals surface area contributed by atoms with E-state index >= 15 is 0 Å². The number of methoxy groups -OCH3 is 1. The van der Waals surface area contributed by atoms with Crippen molar-refractivity contribution in [1.29, 1.82) is 0 Å². The van der Waals surface area contributed by atoms with Crippen molar-refractivity contribution in [2.75, 3.05) is 12.0 Å². The molecule has 124 valence electrons. The number of ether oxygens (including phenoxy) is 1. The minimum absolute atomic E-state index is 0.147. The number of imide groups is 1.